The van der Waals surface area contributed by atoms with E-state index in [0.717, 1.165) is 0 Å². The molecular weight excluding hydrogens is 323 g/mol. The lowest BCUT2D eigenvalue weighted by atomic mass is 9.92. The van der Waals surface area contributed by atoms with Gasteiger partial charge in [0.15, 0.2) is 11.5 Å². The van der Waals surface area contributed by atoms with Crippen molar-refractivity contribution in [2.75, 3.05) is 4.90 Å². The van der Waals surface area contributed by atoms with E-state index in [9.17, 15) is 19.1 Å². The fraction of sp³-hybridized carbons (Fsp3) is 0.211. The Morgan fingerprint density at radius 1 is 1.28 bits per heavy atom. The van der Waals surface area contributed by atoms with Gasteiger partial charge in [0, 0.05) is 24.0 Å². The number of anilines is 1. The van der Waals surface area contributed by atoms with Gasteiger partial charge >= 0.3 is 0 Å². The second-order valence-corrected chi connectivity index (χ2v) is 6.13. The van der Waals surface area contributed by atoms with Gasteiger partial charge in [0.25, 0.3) is 5.91 Å². The summed E-state index contributed by atoms with van der Waals surface area (Å²) < 4.78 is 13.7. The van der Waals surface area contributed by atoms with E-state index in [4.69, 9.17) is 0 Å². The molecule has 0 aliphatic carbocycles. The van der Waals surface area contributed by atoms with Crippen molar-refractivity contribution < 1.29 is 19.1 Å². The molecule has 5 nitrogen and oxygen atoms in total. The Morgan fingerprint density at radius 2 is 2.04 bits per heavy atom. The largest absolute Gasteiger partial charge is 0.503 e. The van der Waals surface area contributed by atoms with Crippen LogP contribution in [-0.4, -0.2) is 21.8 Å². The van der Waals surface area contributed by atoms with Crippen LogP contribution in [0.25, 0.3) is 0 Å². The number of amides is 1. The molecule has 0 saturated carbocycles. The van der Waals surface area contributed by atoms with Crippen LogP contribution in [0, 0.1) is 11.7 Å². The Bertz CT molecular complexity index is 862. The van der Waals surface area contributed by atoms with Crippen molar-refractivity contribution in [2.24, 2.45) is 5.92 Å². The highest BCUT2D eigenvalue weighted by Gasteiger charge is 2.44. The van der Waals surface area contributed by atoms with Crippen LogP contribution in [0.3, 0.4) is 0 Å². The summed E-state index contributed by atoms with van der Waals surface area (Å²) in [6, 6.07) is 8.02. The number of carbonyl (C=O) groups is 2. The van der Waals surface area contributed by atoms with Gasteiger partial charge in [0.1, 0.15) is 5.82 Å². The molecule has 0 saturated heterocycles. The van der Waals surface area contributed by atoms with Gasteiger partial charge in [-0.1, -0.05) is 26.0 Å². The van der Waals surface area contributed by atoms with E-state index < -0.39 is 29.4 Å². The maximum Gasteiger partial charge on any atom is 0.294 e. The molecule has 0 fully saturated rings. The minimum Gasteiger partial charge on any atom is -0.503 e. The molecule has 3 rings (SSSR count). The van der Waals surface area contributed by atoms with Gasteiger partial charge in [-0.05, 0) is 29.8 Å². The molecule has 2 aromatic rings. The zero-order valence-electron chi connectivity index (χ0n) is 13.8. The summed E-state index contributed by atoms with van der Waals surface area (Å²) in [5.74, 6) is -2.59. The second-order valence-electron chi connectivity index (χ2n) is 6.13. The third-order valence-corrected chi connectivity index (χ3v) is 4.08. The maximum atomic E-state index is 13.7. The van der Waals surface area contributed by atoms with Gasteiger partial charge < -0.3 is 5.11 Å². The number of carbonyl (C=O) groups excluding carboxylic acids is 2. The number of aliphatic hydroxyl groups excluding tert-OH is 1. The fourth-order valence-electron chi connectivity index (χ4n) is 2.91. The summed E-state index contributed by atoms with van der Waals surface area (Å²) in [7, 11) is 0. The van der Waals surface area contributed by atoms with Crippen LogP contribution >= 0.6 is 0 Å². The molecule has 6 heteroatoms. The smallest absolute Gasteiger partial charge is 0.294 e. The van der Waals surface area contributed by atoms with Crippen LogP contribution in [0.4, 0.5) is 10.1 Å². The highest BCUT2D eigenvalue weighted by atomic mass is 19.1. The first-order valence-electron chi connectivity index (χ1n) is 7.88. The normalized spacial score (nSPS) is 17.5. The SMILES string of the molecule is CC(C)C(=O)C1=C(O)C(=O)N(c2cccc(F)c2)C1c1cccnc1. The zero-order chi connectivity index (χ0) is 18.1. The Balaban J connectivity index is 2.19. The monoisotopic (exact) mass is 340 g/mol. The summed E-state index contributed by atoms with van der Waals surface area (Å²) in [6.07, 6.45) is 3.09. The summed E-state index contributed by atoms with van der Waals surface area (Å²) in [4.78, 5) is 30.6. The first-order valence-corrected chi connectivity index (χ1v) is 7.88. The van der Waals surface area contributed by atoms with Crippen LogP contribution in [0.2, 0.25) is 0 Å². The fourth-order valence-corrected chi connectivity index (χ4v) is 2.91. The second kappa shape index (κ2) is 6.47. The lowest BCUT2D eigenvalue weighted by Crippen LogP contribution is -2.31. The highest BCUT2D eigenvalue weighted by Crippen LogP contribution is 2.41. The highest BCUT2D eigenvalue weighted by molar-refractivity contribution is 6.16. The molecule has 1 aliphatic rings. The number of benzene rings is 1. The molecule has 1 aliphatic heterocycles. The van der Waals surface area contributed by atoms with Crippen LogP contribution in [-0.2, 0) is 9.59 Å². The van der Waals surface area contributed by atoms with Crippen LogP contribution in [0.15, 0.2) is 60.1 Å². The molecular formula is C19H17FN2O3. The number of ketones is 1. The third kappa shape index (κ3) is 2.91. The lowest BCUT2D eigenvalue weighted by molar-refractivity contribution is -0.119. The number of aliphatic hydroxyl groups is 1. The zero-order valence-corrected chi connectivity index (χ0v) is 13.8. The molecule has 128 valence electrons. The molecule has 1 aromatic heterocycles. The first-order chi connectivity index (χ1) is 11.9. The standard InChI is InChI=1S/C19H17FN2O3/c1-11(2)17(23)15-16(12-5-4-8-21-10-12)22(19(25)18(15)24)14-7-3-6-13(20)9-14/h3-11,16,24H,1-2H3. The Hall–Kier alpha value is -3.02. The molecule has 25 heavy (non-hydrogen) atoms. The number of nitrogens with zero attached hydrogens (tertiary/aromatic N) is 2. The number of aromatic nitrogens is 1. The number of hydrogen-bond acceptors (Lipinski definition) is 4. The van der Waals surface area contributed by atoms with Crippen molar-refractivity contribution in [1.82, 2.24) is 4.98 Å². The molecule has 1 aromatic carbocycles. The predicted molar refractivity (Wildman–Crippen MR) is 90.4 cm³/mol. The van der Waals surface area contributed by atoms with Gasteiger partial charge in [0.05, 0.1) is 11.6 Å². The Kier molecular flexibility index (Phi) is 4.35. The van der Waals surface area contributed by atoms with Gasteiger partial charge in [-0.15, -0.1) is 0 Å². The van der Waals surface area contributed by atoms with E-state index in [-0.39, 0.29) is 17.0 Å². The van der Waals surface area contributed by atoms with E-state index in [0.29, 0.717) is 5.56 Å². The summed E-state index contributed by atoms with van der Waals surface area (Å²) in [5.41, 5.74) is 0.836. The van der Waals surface area contributed by atoms with E-state index in [1.165, 1.54) is 29.3 Å². The van der Waals surface area contributed by atoms with E-state index in [1.807, 2.05) is 0 Å². The van der Waals surface area contributed by atoms with Crippen molar-refractivity contribution in [3.05, 3.63) is 71.5 Å². The Labute approximate surface area is 144 Å². The molecule has 0 bridgehead atoms. The van der Waals surface area contributed by atoms with E-state index in [2.05, 4.69) is 4.98 Å². The number of rotatable bonds is 4. The minimum absolute atomic E-state index is 0.0114. The van der Waals surface area contributed by atoms with Crippen LogP contribution < -0.4 is 4.90 Å². The lowest BCUT2D eigenvalue weighted by Gasteiger charge is -2.27. The van der Waals surface area contributed by atoms with Gasteiger partial charge in [-0.3, -0.25) is 19.5 Å². The molecule has 0 spiro atoms. The van der Waals surface area contributed by atoms with Crippen LogP contribution in [0.1, 0.15) is 25.5 Å². The summed E-state index contributed by atoms with van der Waals surface area (Å²) >= 11 is 0. The molecule has 2 heterocycles. The van der Waals surface area contributed by atoms with Gasteiger partial charge in [-0.2, -0.15) is 0 Å². The van der Waals surface area contributed by atoms with Crippen molar-refractivity contribution in [1.29, 1.82) is 0 Å². The first kappa shape index (κ1) is 16.8. The van der Waals surface area contributed by atoms with Gasteiger partial charge in [0.2, 0.25) is 0 Å². The molecule has 1 amide bonds. The minimum atomic E-state index is -0.849. The van der Waals surface area contributed by atoms with Crippen molar-refractivity contribution in [3.63, 3.8) is 0 Å². The van der Waals surface area contributed by atoms with Gasteiger partial charge in [-0.25, -0.2) is 4.39 Å². The average Bonchev–Trinajstić information content (AvgIpc) is 2.86. The predicted octanol–water partition coefficient (Wildman–Crippen LogP) is 3.35. The topological polar surface area (TPSA) is 70.5 Å². The van der Waals surface area contributed by atoms with E-state index in [1.54, 1.807) is 38.2 Å². The number of Topliss-reactive ketones (excluding diaryl/α,β-unsaturated/α-hetero) is 1. The number of halogens is 1. The average molecular weight is 340 g/mol. The van der Waals surface area contributed by atoms with E-state index >= 15 is 0 Å². The third-order valence-electron chi connectivity index (χ3n) is 4.08. The number of pyridine rings is 1. The summed E-state index contributed by atoms with van der Waals surface area (Å²) in [6.45, 7) is 3.39. The van der Waals surface area contributed by atoms with Crippen molar-refractivity contribution in [3.8, 4) is 0 Å². The molecule has 1 N–H and O–H groups in total. The molecule has 1 atom stereocenters. The maximum absolute atomic E-state index is 13.7. The van der Waals surface area contributed by atoms with Crippen molar-refractivity contribution in [2.45, 2.75) is 19.9 Å². The molecule has 1 unspecified atom stereocenters. The van der Waals surface area contributed by atoms with Crippen LogP contribution in [0.5, 0.6) is 0 Å². The summed E-state index contributed by atoms with van der Waals surface area (Å²) in [5, 5.41) is 10.4. The molecule has 0 radical (unpaired) electrons. The van der Waals surface area contributed by atoms with Crippen molar-refractivity contribution >= 4 is 17.4 Å². The number of hydrogen-bond donors (Lipinski definition) is 1. The quantitative estimate of drug-likeness (QED) is 0.927. The Morgan fingerprint density at radius 3 is 2.64 bits per heavy atom.